The number of para-hydroxylation sites is 1. The van der Waals surface area contributed by atoms with Gasteiger partial charge in [-0.25, -0.2) is 0 Å². The molecule has 1 aromatic carbocycles. The van der Waals surface area contributed by atoms with E-state index in [-0.39, 0.29) is 11.8 Å². The first-order valence-electron chi connectivity index (χ1n) is 7.59. The number of anilines is 1. The summed E-state index contributed by atoms with van der Waals surface area (Å²) in [6, 6.07) is 7.02. The molecule has 0 bridgehead atoms. The van der Waals surface area contributed by atoms with E-state index in [0.717, 1.165) is 32.2 Å². The average Bonchev–Trinajstić information content (AvgIpc) is 2.68. The summed E-state index contributed by atoms with van der Waals surface area (Å²) in [5.74, 6) is 0.0847. The minimum Gasteiger partial charge on any atom is -0.398 e. The Hall–Kier alpha value is -2.04. The Bertz CT molecular complexity index is 502. The Morgan fingerprint density at radius 3 is 2.86 bits per heavy atom. The number of nitrogens with two attached hydrogens (primary N) is 1. The van der Waals surface area contributed by atoms with E-state index in [1.807, 2.05) is 4.90 Å². The molecule has 1 fully saturated rings. The summed E-state index contributed by atoms with van der Waals surface area (Å²) in [5, 5.41) is 2.85. The predicted molar refractivity (Wildman–Crippen MR) is 82.9 cm³/mol. The summed E-state index contributed by atoms with van der Waals surface area (Å²) in [6.45, 7) is 2.11. The van der Waals surface area contributed by atoms with Gasteiger partial charge >= 0.3 is 0 Å². The molecule has 2 rings (SSSR count). The van der Waals surface area contributed by atoms with Gasteiger partial charge in [0.15, 0.2) is 0 Å². The maximum atomic E-state index is 12.0. The third-order valence-electron chi connectivity index (χ3n) is 3.77. The molecule has 114 valence electrons. The predicted octanol–water partition coefficient (Wildman–Crippen LogP) is 1.79. The first-order chi connectivity index (χ1) is 10.2. The van der Waals surface area contributed by atoms with Crippen molar-refractivity contribution in [3.8, 4) is 0 Å². The van der Waals surface area contributed by atoms with Crippen LogP contribution in [0.4, 0.5) is 5.69 Å². The first kappa shape index (κ1) is 15.4. The second-order valence-electron chi connectivity index (χ2n) is 5.39. The van der Waals surface area contributed by atoms with Crippen LogP contribution in [0.1, 0.15) is 42.5 Å². The van der Waals surface area contributed by atoms with E-state index in [9.17, 15) is 9.59 Å². The van der Waals surface area contributed by atoms with E-state index >= 15 is 0 Å². The normalized spacial score (nSPS) is 15.6. The summed E-state index contributed by atoms with van der Waals surface area (Å²) >= 11 is 0. The van der Waals surface area contributed by atoms with E-state index < -0.39 is 0 Å². The van der Waals surface area contributed by atoms with Crippen LogP contribution >= 0.6 is 0 Å². The molecule has 2 amide bonds. The smallest absolute Gasteiger partial charge is 0.253 e. The average molecular weight is 289 g/mol. The van der Waals surface area contributed by atoms with Gasteiger partial charge in [0.2, 0.25) is 5.91 Å². The van der Waals surface area contributed by atoms with Crippen LogP contribution in [0.15, 0.2) is 24.3 Å². The monoisotopic (exact) mass is 289 g/mol. The Labute approximate surface area is 125 Å². The van der Waals surface area contributed by atoms with Crippen molar-refractivity contribution in [2.75, 3.05) is 25.4 Å². The standard InChI is InChI=1S/C16H23N3O2/c17-14-8-4-3-7-13(14)16(21)18-10-6-12-19-11-5-1-2-9-15(19)20/h3-4,7-8H,1-2,5-6,9-12,17H2,(H,18,21). The molecule has 21 heavy (non-hydrogen) atoms. The van der Waals surface area contributed by atoms with Crippen LogP contribution in [0.25, 0.3) is 0 Å². The van der Waals surface area contributed by atoms with Crippen LogP contribution in [0.3, 0.4) is 0 Å². The molecule has 1 saturated heterocycles. The molecule has 5 heteroatoms. The van der Waals surface area contributed by atoms with Crippen molar-refractivity contribution >= 4 is 17.5 Å². The fourth-order valence-electron chi connectivity index (χ4n) is 2.55. The minimum absolute atomic E-state index is 0.157. The number of amides is 2. The highest BCUT2D eigenvalue weighted by molar-refractivity contribution is 5.99. The number of hydrogen-bond donors (Lipinski definition) is 2. The molecule has 1 aliphatic rings. The molecule has 0 aromatic heterocycles. The summed E-state index contributed by atoms with van der Waals surface area (Å²) in [7, 11) is 0. The molecule has 0 saturated carbocycles. The van der Waals surface area contributed by atoms with E-state index in [0.29, 0.717) is 30.8 Å². The highest BCUT2D eigenvalue weighted by Gasteiger charge is 2.16. The van der Waals surface area contributed by atoms with Gasteiger partial charge in [-0.2, -0.15) is 0 Å². The maximum absolute atomic E-state index is 12.0. The van der Waals surface area contributed by atoms with Crippen molar-refractivity contribution < 1.29 is 9.59 Å². The van der Waals surface area contributed by atoms with Gasteiger partial charge in [0.1, 0.15) is 0 Å². The van der Waals surface area contributed by atoms with Crippen LogP contribution in [-0.4, -0.2) is 36.3 Å². The van der Waals surface area contributed by atoms with E-state index in [1.54, 1.807) is 24.3 Å². The molecule has 0 atom stereocenters. The lowest BCUT2D eigenvalue weighted by atomic mass is 10.1. The molecule has 1 aliphatic heterocycles. The van der Waals surface area contributed by atoms with Gasteiger partial charge < -0.3 is 16.0 Å². The number of nitrogens with zero attached hydrogens (tertiary/aromatic N) is 1. The van der Waals surface area contributed by atoms with Crippen molar-refractivity contribution in [2.45, 2.75) is 32.1 Å². The lowest BCUT2D eigenvalue weighted by Gasteiger charge is -2.20. The Kier molecular flexibility index (Phi) is 5.60. The van der Waals surface area contributed by atoms with Crippen molar-refractivity contribution in [3.63, 3.8) is 0 Å². The lowest BCUT2D eigenvalue weighted by Crippen LogP contribution is -2.34. The summed E-state index contributed by atoms with van der Waals surface area (Å²) in [4.78, 5) is 25.7. The van der Waals surface area contributed by atoms with E-state index in [2.05, 4.69) is 5.32 Å². The van der Waals surface area contributed by atoms with Crippen LogP contribution in [0, 0.1) is 0 Å². The van der Waals surface area contributed by atoms with Crippen LogP contribution in [-0.2, 0) is 4.79 Å². The summed E-state index contributed by atoms with van der Waals surface area (Å²) < 4.78 is 0. The Morgan fingerprint density at radius 2 is 2.05 bits per heavy atom. The van der Waals surface area contributed by atoms with Gasteiger partial charge in [-0.3, -0.25) is 9.59 Å². The fraction of sp³-hybridized carbons (Fsp3) is 0.500. The molecular weight excluding hydrogens is 266 g/mol. The number of benzene rings is 1. The number of nitrogen functional groups attached to an aromatic ring is 1. The van der Waals surface area contributed by atoms with Gasteiger partial charge in [0.05, 0.1) is 5.56 Å². The molecule has 0 unspecified atom stereocenters. The molecule has 1 aromatic rings. The molecule has 3 N–H and O–H groups in total. The summed E-state index contributed by atoms with van der Waals surface area (Å²) in [5.41, 5.74) is 6.75. The van der Waals surface area contributed by atoms with Crippen LogP contribution < -0.4 is 11.1 Å². The zero-order valence-corrected chi connectivity index (χ0v) is 12.3. The molecule has 0 radical (unpaired) electrons. The maximum Gasteiger partial charge on any atom is 0.253 e. The van der Waals surface area contributed by atoms with Crippen molar-refractivity contribution in [3.05, 3.63) is 29.8 Å². The highest BCUT2D eigenvalue weighted by atomic mass is 16.2. The van der Waals surface area contributed by atoms with Crippen LogP contribution in [0.2, 0.25) is 0 Å². The number of carbonyl (C=O) groups excluding carboxylic acids is 2. The minimum atomic E-state index is -0.157. The lowest BCUT2D eigenvalue weighted by molar-refractivity contribution is -0.130. The SMILES string of the molecule is Nc1ccccc1C(=O)NCCCN1CCCCCC1=O. The van der Waals surface area contributed by atoms with Crippen molar-refractivity contribution in [2.24, 2.45) is 0 Å². The molecule has 0 spiro atoms. The molecule has 5 nitrogen and oxygen atoms in total. The second kappa shape index (κ2) is 7.67. The van der Waals surface area contributed by atoms with E-state index in [1.165, 1.54) is 0 Å². The van der Waals surface area contributed by atoms with Crippen LogP contribution in [0.5, 0.6) is 0 Å². The molecule has 1 heterocycles. The topological polar surface area (TPSA) is 75.4 Å². The zero-order valence-electron chi connectivity index (χ0n) is 12.3. The number of nitrogens with one attached hydrogen (secondary N) is 1. The first-order valence-corrected chi connectivity index (χ1v) is 7.59. The van der Waals surface area contributed by atoms with E-state index in [4.69, 9.17) is 5.73 Å². The molecule has 0 aliphatic carbocycles. The number of rotatable bonds is 5. The highest BCUT2D eigenvalue weighted by Crippen LogP contribution is 2.12. The molecular formula is C16H23N3O2. The van der Waals surface area contributed by atoms with Gasteiger partial charge in [-0.1, -0.05) is 18.6 Å². The van der Waals surface area contributed by atoms with Crippen molar-refractivity contribution in [1.82, 2.24) is 10.2 Å². The zero-order chi connectivity index (χ0) is 15.1. The number of carbonyl (C=O) groups is 2. The van der Waals surface area contributed by atoms with Crippen molar-refractivity contribution in [1.29, 1.82) is 0 Å². The van der Waals surface area contributed by atoms with Gasteiger partial charge in [-0.15, -0.1) is 0 Å². The third-order valence-corrected chi connectivity index (χ3v) is 3.77. The number of hydrogen-bond acceptors (Lipinski definition) is 3. The second-order valence-corrected chi connectivity index (χ2v) is 5.39. The fourth-order valence-corrected chi connectivity index (χ4v) is 2.55. The van der Waals surface area contributed by atoms with Gasteiger partial charge in [0, 0.05) is 31.7 Å². The van der Waals surface area contributed by atoms with Gasteiger partial charge in [-0.05, 0) is 31.4 Å². The number of likely N-dealkylation sites (tertiary alicyclic amines) is 1. The third kappa shape index (κ3) is 4.48. The Balaban J connectivity index is 1.73. The summed E-state index contributed by atoms with van der Waals surface area (Å²) in [6.07, 6.45) is 4.64. The largest absolute Gasteiger partial charge is 0.398 e. The Morgan fingerprint density at radius 1 is 1.24 bits per heavy atom. The van der Waals surface area contributed by atoms with Gasteiger partial charge in [0.25, 0.3) is 5.91 Å². The quantitative estimate of drug-likeness (QED) is 0.641.